The highest BCUT2D eigenvalue weighted by Crippen LogP contribution is 2.22. The van der Waals surface area contributed by atoms with Crippen molar-refractivity contribution >= 4 is 33.6 Å². The number of rotatable bonds is 2. The van der Waals surface area contributed by atoms with E-state index in [1.165, 1.54) is 0 Å². The molecule has 0 bridgehead atoms. The van der Waals surface area contributed by atoms with Gasteiger partial charge in [0.05, 0.1) is 13.4 Å². The Kier molecular flexibility index (Phi) is 3.63. The van der Waals surface area contributed by atoms with E-state index in [0.29, 0.717) is 0 Å². The number of halogens is 2. The highest BCUT2D eigenvalue weighted by molar-refractivity contribution is 9.10. The summed E-state index contributed by atoms with van der Waals surface area (Å²) in [6.45, 7) is 0. The van der Waals surface area contributed by atoms with Crippen LogP contribution in [-0.4, -0.2) is 7.11 Å². The Morgan fingerprint density at radius 3 is 2.83 bits per heavy atom. The molecule has 0 saturated heterocycles. The normalized spacial score (nSPS) is 10.6. The van der Waals surface area contributed by atoms with Crippen molar-refractivity contribution in [3.05, 3.63) is 39.5 Å². The minimum Gasteiger partial charge on any atom is -0.504 e. The Balaban J connectivity index is 2.94. The van der Waals surface area contributed by atoms with Crippen molar-refractivity contribution < 1.29 is 4.74 Å². The van der Waals surface area contributed by atoms with Crippen LogP contribution in [0, 0.1) is 0 Å². The lowest BCUT2D eigenvalue weighted by molar-refractivity contribution is 0.341. The van der Waals surface area contributed by atoms with Crippen molar-refractivity contribution in [2.75, 3.05) is 7.11 Å². The van der Waals surface area contributed by atoms with Gasteiger partial charge in [0.1, 0.15) is 0 Å². The number of benzene rings is 1. The van der Waals surface area contributed by atoms with Crippen molar-refractivity contribution in [3.63, 3.8) is 0 Å². The van der Waals surface area contributed by atoms with Gasteiger partial charge in [0.2, 0.25) is 0 Å². The van der Waals surface area contributed by atoms with Crippen LogP contribution in [0.15, 0.2) is 28.9 Å². The van der Waals surface area contributed by atoms with E-state index >= 15 is 0 Å². The molecule has 1 aromatic carbocycles. The molecule has 3 heteroatoms. The first kappa shape index (κ1) is 9.62. The second kappa shape index (κ2) is 4.53. The molecule has 12 heavy (non-hydrogen) atoms. The van der Waals surface area contributed by atoms with Crippen molar-refractivity contribution in [1.82, 2.24) is 0 Å². The standard InChI is InChI=1S/C9H8BrClO/c1-12-5-4-7-2-3-8(11)6-9(7)10/h2-6H,1H3/b5-4+. The van der Waals surface area contributed by atoms with Gasteiger partial charge in [-0.05, 0) is 23.8 Å². The smallest absolute Gasteiger partial charge is 0.0830 e. The average Bonchev–Trinajstić information content (AvgIpc) is 2.03. The van der Waals surface area contributed by atoms with E-state index < -0.39 is 0 Å². The maximum absolute atomic E-state index is 5.77. The summed E-state index contributed by atoms with van der Waals surface area (Å²) in [7, 11) is 1.61. The third-order valence-corrected chi connectivity index (χ3v) is 2.27. The molecule has 0 fully saturated rings. The molecule has 1 rings (SSSR count). The third kappa shape index (κ3) is 2.54. The summed E-state index contributed by atoms with van der Waals surface area (Å²) in [5, 5.41) is 0.719. The fourth-order valence-electron chi connectivity index (χ4n) is 0.778. The molecular formula is C9H8BrClO. The zero-order valence-corrected chi connectivity index (χ0v) is 8.89. The summed E-state index contributed by atoms with van der Waals surface area (Å²) in [5.41, 5.74) is 1.04. The molecule has 0 saturated carbocycles. The van der Waals surface area contributed by atoms with E-state index in [0.717, 1.165) is 15.1 Å². The molecule has 0 atom stereocenters. The van der Waals surface area contributed by atoms with Crippen LogP contribution in [0.25, 0.3) is 6.08 Å². The van der Waals surface area contributed by atoms with Gasteiger partial charge in [0.15, 0.2) is 0 Å². The molecule has 1 aromatic rings. The molecule has 0 aromatic heterocycles. The maximum atomic E-state index is 5.77. The molecule has 0 radical (unpaired) electrons. The molecule has 0 aliphatic rings. The van der Waals surface area contributed by atoms with Crippen molar-refractivity contribution in [2.45, 2.75) is 0 Å². The summed E-state index contributed by atoms with van der Waals surface area (Å²) in [4.78, 5) is 0. The van der Waals surface area contributed by atoms with Crippen LogP contribution in [0.1, 0.15) is 5.56 Å². The second-order valence-electron chi connectivity index (χ2n) is 2.20. The molecule has 0 N–H and O–H groups in total. The fraction of sp³-hybridized carbons (Fsp3) is 0.111. The number of hydrogen-bond donors (Lipinski definition) is 0. The SMILES string of the molecule is CO/C=C/c1ccc(Cl)cc1Br. The Hall–Kier alpha value is -0.470. The van der Waals surface area contributed by atoms with Gasteiger partial charge in [-0.2, -0.15) is 0 Å². The van der Waals surface area contributed by atoms with Crippen LogP contribution < -0.4 is 0 Å². The molecule has 1 nitrogen and oxygen atoms in total. The van der Waals surface area contributed by atoms with E-state index in [9.17, 15) is 0 Å². The van der Waals surface area contributed by atoms with Crippen LogP contribution in [0.4, 0.5) is 0 Å². The first-order valence-corrected chi connectivity index (χ1v) is 4.55. The van der Waals surface area contributed by atoms with Crippen LogP contribution in [0.5, 0.6) is 0 Å². The quantitative estimate of drug-likeness (QED) is 0.724. The average molecular weight is 248 g/mol. The highest BCUT2D eigenvalue weighted by Gasteiger charge is 1.95. The van der Waals surface area contributed by atoms with Crippen molar-refractivity contribution in [1.29, 1.82) is 0 Å². The van der Waals surface area contributed by atoms with Gasteiger partial charge in [0, 0.05) is 9.50 Å². The molecule has 0 unspecified atom stereocenters. The topological polar surface area (TPSA) is 9.23 Å². The minimum absolute atomic E-state index is 0.719. The zero-order valence-electron chi connectivity index (χ0n) is 6.55. The first-order valence-electron chi connectivity index (χ1n) is 3.38. The first-order chi connectivity index (χ1) is 5.74. The van der Waals surface area contributed by atoms with Gasteiger partial charge in [-0.15, -0.1) is 0 Å². The van der Waals surface area contributed by atoms with Gasteiger partial charge in [0.25, 0.3) is 0 Å². The Bertz CT molecular complexity index is 297. The molecule has 0 amide bonds. The Morgan fingerprint density at radius 2 is 2.25 bits per heavy atom. The van der Waals surface area contributed by atoms with Crippen LogP contribution in [-0.2, 0) is 4.74 Å². The summed E-state index contributed by atoms with van der Waals surface area (Å²) < 4.78 is 5.76. The molecule has 64 valence electrons. The van der Waals surface area contributed by atoms with Crippen molar-refractivity contribution in [2.24, 2.45) is 0 Å². The lowest BCUT2D eigenvalue weighted by Crippen LogP contribution is -1.75. The number of methoxy groups -OCH3 is 1. The monoisotopic (exact) mass is 246 g/mol. The molecule has 0 heterocycles. The largest absolute Gasteiger partial charge is 0.504 e. The molecule has 0 spiro atoms. The van der Waals surface area contributed by atoms with E-state index in [2.05, 4.69) is 15.9 Å². The van der Waals surface area contributed by atoms with Gasteiger partial charge < -0.3 is 4.74 Å². The fourth-order valence-corrected chi connectivity index (χ4v) is 1.59. The van der Waals surface area contributed by atoms with Crippen LogP contribution in [0.3, 0.4) is 0 Å². The summed E-state index contributed by atoms with van der Waals surface area (Å²) in [6, 6.07) is 5.60. The predicted octanol–water partition coefficient (Wildman–Crippen LogP) is 3.72. The van der Waals surface area contributed by atoms with Crippen molar-refractivity contribution in [3.8, 4) is 0 Å². The zero-order chi connectivity index (χ0) is 8.97. The summed E-state index contributed by atoms with van der Waals surface area (Å²) in [6.07, 6.45) is 3.48. The van der Waals surface area contributed by atoms with Crippen LogP contribution in [0.2, 0.25) is 5.02 Å². The minimum atomic E-state index is 0.719. The number of ether oxygens (including phenoxy) is 1. The van der Waals surface area contributed by atoms with Gasteiger partial charge in [-0.25, -0.2) is 0 Å². The molecule has 0 aliphatic carbocycles. The van der Waals surface area contributed by atoms with E-state index in [4.69, 9.17) is 16.3 Å². The molecular weight excluding hydrogens is 239 g/mol. The van der Waals surface area contributed by atoms with Gasteiger partial charge in [-0.3, -0.25) is 0 Å². The van der Waals surface area contributed by atoms with Gasteiger partial charge >= 0.3 is 0 Å². The Morgan fingerprint density at radius 1 is 1.50 bits per heavy atom. The highest BCUT2D eigenvalue weighted by atomic mass is 79.9. The number of hydrogen-bond acceptors (Lipinski definition) is 1. The lowest BCUT2D eigenvalue weighted by atomic mass is 10.2. The summed E-state index contributed by atoms with van der Waals surface area (Å²) >= 11 is 9.15. The predicted molar refractivity (Wildman–Crippen MR) is 55.2 cm³/mol. The summed E-state index contributed by atoms with van der Waals surface area (Å²) in [5.74, 6) is 0. The maximum Gasteiger partial charge on any atom is 0.0830 e. The van der Waals surface area contributed by atoms with Crippen LogP contribution >= 0.6 is 27.5 Å². The van der Waals surface area contributed by atoms with E-state index in [1.54, 1.807) is 13.4 Å². The van der Waals surface area contributed by atoms with E-state index in [1.807, 2.05) is 24.3 Å². The van der Waals surface area contributed by atoms with Gasteiger partial charge in [-0.1, -0.05) is 33.6 Å². The van der Waals surface area contributed by atoms with E-state index in [-0.39, 0.29) is 0 Å². The lowest BCUT2D eigenvalue weighted by Gasteiger charge is -1.98. The third-order valence-electron chi connectivity index (χ3n) is 1.35. The molecule has 0 aliphatic heterocycles. The second-order valence-corrected chi connectivity index (χ2v) is 3.50. The Labute approximate surface area is 85.1 Å².